The maximum Gasteiger partial charge on any atom is 0.241 e. The van der Waals surface area contributed by atoms with Crippen LogP contribution in [0.25, 0.3) is 0 Å². The van der Waals surface area contributed by atoms with E-state index in [0.717, 1.165) is 17.3 Å². The van der Waals surface area contributed by atoms with Gasteiger partial charge in [0, 0.05) is 10.7 Å². The summed E-state index contributed by atoms with van der Waals surface area (Å²) in [6.07, 6.45) is 4.18. The van der Waals surface area contributed by atoms with Gasteiger partial charge in [-0.2, -0.15) is 0 Å². The highest BCUT2D eigenvalue weighted by atomic mass is 79.9. The second-order valence-corrected chi connectivity index (χ2v) is 5.00. The zero-order valence-corrected chi connectivity index (χ0v) is 11.9. The lowest BCUT2D eigenvalue weighted by molar-refractivity contribution is -0.117. The lowest BCUT2D eigenvalue weighted by Crippen LogP contribution is -2.35. The number of pyridine rings is 1. The fraction of sp³-hybridized carbons (Fsp3) is 0.455. The minimum Gasteiger partial charge on any atom is -0.322 e. The minimum absolute atomic E-state index is 0.236. The van der Waals surface area contributed by atoms with Crippen LogP contribution in [0.1, 0.15) is 26.2 Å². The van der Waals surface area contributed by atoms with E-state index in [1.54, 1.807) is 12.3 Å². The fourth-order valence-corrected chi connectivity index (χ4v) is 1.77. The molecule has 4 nitrogen and oxygen atoms in total. The quantitative estimate of drug-likeness (QED) is 0.820. The highest BCUT2D eigenvalue weighted by Crippen LogP contribution is 2.23. The summed E-state index contributed by atoms with van der Waals surface area (Å²) in [4.78, 5) is 15.7. The molecule has 0 unspecified atom stereocenters. The number of hydrogen-bond acceptors (Lipinski definition) is 3. The molecule has 0 aliphatic rings. The van der Waals surface area contributed by atoms with E-state index >= 15 is 0 Å². The van der Waals surface area contributed by atoms with Gasteiger partial charge in [0.1, 0.15) is 0 Å². The van der Waals surface area contributed by atoms with E-state index in [1.807, 2.05) is 0 Å². The van der Waals surface area contributed by atoms with E-state index < -0.39 is 6.04 Å². The van der Waals surface area contributed by atoms with Crippen LogP contribution in [0.4, 0.5) is 5.69 Å². The van der Waals surface area contributed by atoms with Crippen LogP contribution in [0.5, 0.6) is 0 Å². The van der Waals surface area contributed by atoms with Gasteiger partial charge in [0.15, 0.2) is 5.15 Å². The molecular formula is C11H15BrClN3O. The fourth-order valence-electron chi connectivity index (χ4n) is 1.29. The van der Waals surface area contributed by atoms with Crippen LogP contribution in [0.3, 0.4) is 0 Å². The maximum atomic E-state index is 11.7. The average molecular weight is 321 g/mol. The van der Waals surface area contributed by atoms with Crippen molar-refractivity contribution in [3.8, 4) is 0 Å². The number of hydrogen-bond donors (Lipinski definition) is 2. The summed E-state index contributed by atoms with van der Waals surface area (Å²) in [5, 5.41) is 2.93. The van der Waals surface area contributed by atoms with Crippen LogP contribution in [0.2, 0.25) is 5.15 Å². The molecule has 0 aliphatic carbocycles. The van der Waals surface area contributed by atoms with E-state index in [2.05, 4.69) is 33.2 Å². The van der Waals surface area contributed by atoms with Crippen molar-refractivity contribution >= 4 is 39.1 Å². The van der Waals surface area contributed by atoms with Gasteiger partial charge in [0.2, 0.25) is 5.91 Å². The lowest BCUT2D eigenvalue weighted by atomic mass is 10.1. The summed E-state index contributed by atoms with van der Waals surface area (Å²) < 4.78 is 0.749. The number of nitrogens with two attached hydrogens (primary N) is 1. The van der Waals surface area contributed by atoms with Crippen molar-refractivity contribution in [1.29, 1.82) is 0 Å². The number of aromatic nitrogens is 1. The van der Waals surface area contributed by atoms with Crippen molar-refractivity contribution in [1.82, 2.24) is 4.98 Å². The summed E-state index contributed by atoms with van der Waals surface area (Å²) in [7, 11) is 0. The molecule has 0 spiro atoms. The third-order valence-corrected chi connectivity index (χ3v) is 3.00. The molecule has 0 fully saturated rings. The maximum absolute atomic E-state index is 11.7. The van der Waals surface area contributed by atoms with Crippen LogP contribution >= 0.6 is 27.5 Å². The smallest absolute Gasteiger partial charge is 0.241 e. The van der Waals surface area contributed by atoms with Gasteiger partial charge < -0.3 is 11.1 Å². The third kappa shape index (κ3) is 4.61. The van der Waals surface area contributed by atoms with Gasteiger partial charge in [0.25, 0.3) is 0 Å². The highest BCUT2D eigenvalue weighted by molar-refractivity contribution is 9.10. The third-order valence-electron chi connectivity index (χ3n) is 2.27. The number of nitrogens with one attached hydrogen (secondary N) is 1. The monoisotopic (exact) mass is 319 g/mol. The standard InChI is InChI=1S/C11H15BrClN3O/c1-2-3-4-8(14)11(17)16-9-5-7(12)6-15-10(9)13/h5-6,8H,2-4,14H2,1H3,(H,16,17)/t8-/m0/s1. The van der Waals surface area contributed by atoms with Crippen molar-refractivity contribution < 1.29 is 4.79 Å². The topological polar surface area (TPSA) is 68.0 Å². The second-order valence-electron chi connectivity index (χ2n) is 3.73. The molecule has 0 aromatic carbocycles. The largest absolute Gasteiger partial charge is 0.322 e. The first kappa shape index (κ1) is 14.4. The number of unbranched alkanes of at least 4 members (excludes halogenated alkanes) is 1. The van der Waals surface area contributed by atoms with Crippen LogP contribution in [-0.4, -0.2) is 16.9 Å². The number of rotatable bonds is 5. The van der Waals surface area contributed by atoms with E-state index in [-0.39, 0.29) is 11.1 Å². The number of nitrogens with zero attached hydrogens (tertiary/aromatic N) is 1. The van der Waals surface area contributed by atoms with E-state index in [0.29, 0.717) is 12.1 Å². The van der Waals surface area contributed by atoms with Gasteiger partial charge in [-0.05, 0) is 28.4 Å². The van der Waals surface area contributed by atoms with Crippen molar-refractivity contribution in [2.75, 3.05) is 5.32 Å². The van der Waals surface area contributed by atoms with Gasteiger partial charge in [-0.25, -0.2) is 4.98 Å². The molecule has 1 atom stereocenters. The zero-order chi connectivity index (χ0) is 12.8. The SMILES string of the molecule is CCCC[C@H](N)C(=O)Nc1cc(Br)cnc1Cl. The van der Waals surface area contributed by atoms with Crippen LogP contribution in [-0.2, 0) is 4.79 Å². The molecule has 94 valence electrons. The molecule has 3 N–H and O–H groups in total. The lowest BCUT2D eigenvalue weighted by Gasteiger charge is -2.12. The highest BCUT2D eigenvalue weighted by Gasteiger charge is 2.14. The van der Waals surface area contributed by atoms with Gasteiger partial charge in [0.05, 0.1) is 11.7 Å². The summed E-state index contributed by atoms with van der Waals surface area (Å²) in [5.74, 6) is -0.236. The van der Waals surface area contributed by atoms with Crippen LogP contribution in [0.15, 0.2) is 16.7 Å². The minimum atomic E-state index is -0.509. The molecule has 6 heteroatoms. The van der Waals surface area contributed by atoms with Crippen molar-refractivity contribution in [2.45, 2.75) is 32.2 Å². The summed E-state index contributed by atoms with van der Waals surface area (Å²) in [6.45, 7) is 2.06. The molecule has 0 saturated heterocycles. The van der Waals surface area contributed by atoms with Crippen molar-refractivity contribution in [2.24, 2.45) is 5.73 Å². The number of carbonyl (C=O) groups is 1. The summed E-state index contributed by atoms with van der Waals surface area (Å²) in [5.41, 5.74) is 6.22. The molecule has 1 rings (SSSR count). The molecule has 1 amide bonds. The molecule has 17 heavy (non-hydrogen) atoms. The Labute approximate surface area is 114 Å². The van der Waals surface area contributed by atoms with E-state index in [1.165, 1.54) is 0 Å². The normalized spacial score (nSPS) is 12.2. The first-order valence-corrected chi connectivity index (χ1v) is 6.59. The predicted octanol–water partition coefficient (Wildman–Crippen LogP) is 2.95. The molecule has 0 aliphatic heterocycles. The average Bonchev–Trinajstić information content (AvgIpc) is 2.30. The van der Waals surface area contributed by atoms with E-state index in [9.17, 15) is 4.79 Å². The van der Waals surface area contributed by atoms with Crippen molar-refractivity contribution in [3.63, 3.8) is 0 Å². The van der Waals surface area contributed by atoms with Crippen LogP contribution in [0, 0.1) is 0 Å². The molecule has 1 aromatic heterocycles. The zero-order valence-electron chi connectivity index (χ0n) is 9.54. The Morgan fingerprint density at radius 2 is 2.41 bits per heavy atom. The molecule has 0 saturated carbocycles. The number of amides is 1. The van der Waals surface area contributed by atoms with Crippen LogP contribution < -0.4 is 11.1 Å². The Morgan fingerprint density at radius 3 is 3.06 bits per heavy atom. The number of halogens is 2. The van der Waals surface area contributed by atoms with Gasteiger partial charge in [-0.15, -0.1) is 0 Å². The van der Waals surface area contributed by atoms with Gasteiger partial charge in [-0.3, -0.25) is 4.79 Å². The molecule has 0 radical (unpaired) electrons. The van der Waals surface area contributed by atoms with E-state index in [4.69, 9.17) is 17.3 Å². The Hall–Kier alpha value is -0.650. The van der Waals surface area contributed by atoms with Crippen molar-refractivity contribution in [3.05, 3.63) is 21.9 Å². The summed E-state index contributed by atoms with van der Waals surface area (Å²) >= 11 is 9.12. The molecular weight excluding hydrogens is 305 g/mol. The Morgan fingerprint density at radius 1 is 1.71 bits per heavy atom. The van der Waals surface area contributed by atoms with Gasteiger partial charge >= 0.3 is 0 Å². The summed E-state index contributed by atoms with van der Waals surface area (Å²) in [6, 6.07) is 1.18. The number of carbonyl (C=O) groups excluding carboxylic acids is 1. The Bertz CT molecular complexity index is 400. The molecule has 1 heterocycles. The molecule has 0 bridgehead atoms. The predicted molar refractivity (Wildman–Crippen MR) is 73.1 cm³/mol. The molecule has 1 aromatic rings. The first-order chi connectivity index (χ1) is 8.04. The first-order valence-electron chi connectivity index (χ1n) is 5.42. The number of anilines is 1. The second kappa shape index (κ2) is 6.93. The van der Waals surface area contributed by atoms with Gasteiger partial charge in [-0.1, -0.05) is 31.4 Å². The Kier molecular flexibility index (Phi) is 5.88. The Balaban J connectivity index is 2.64.